The van der Waals surface area contributed by atoms with Crippen LogP contribution in [0.5, 0.6) is 0 Å². The smallest absolute Gasteiger partial charge is 0.255 e. The van der Waals surface area contributed by atoms with Gasteiger partial charge < -0.3 is 9.47 Å². The number of aryl methyl sites for hydroxylation is 1. The van der Waals surface area contributed by atoms with E-state index in [1.165, 1.54) is 0 Å². The van der Waals surface area contributed by atoms with Crippen LogP contribution in [0.25, 0.3) is 0 Å². The normalized spacial score (nSPS) is 14.5. The first kappa shape index (κ1) is 15.9. The Bertz CT molecular complexity index is 756. The summed E-state index contributed by atoms with van der Waals surface area (Å²) in [7, 11) is 0.583. The van der Waals surface area contributed by atoms with Crippen molar-refractivity contribution in [3.05, 3.63) is 41.5 Å². The topological polar surface area (TPSA) is 68.1 Å². The molecule has 1 amide bonds. The molecule has 1 aliphatic rings. The van der Waals surface area contributed by atoms with Crippen molar-refractivity contribution in [3.63, 3.8) is 0 Å². The summed E-state index contributed by atoms with van der Waals surface area (Å²) in [4.78, 5) is 15.0. The Morgan fingerprint density at radius 3 is 2.91 bits per heavy atom. The lowest BCUT2D eigenvalue weighted by Crippen LogP contribution is -2.28. The Morgan fingerprint density at radius 1 is 1.35 bits per heavy atom. The number of aromatic nitrogens is 3. The van der Waals surface area contributed by atoms with Crippen LogP contribution in [-0.4, -0.2) is 42.6 Å². The molecule has 0 aliphatic carbocycles. The Balaban J connectivity index is 1.81. The molecule has 0 spiro atoms. The molecule has 0 fully saturated rings. The van der Waals surface area contributed by atoms with Gasteiger partial charge in [0.05, 0.1) is 27.8 Å². The third-order valence-corrected chi connectivity index (χ3v) is 5.41. The van der Waals surface area contributed by atoms with E-state index in [9.17, 15) is 9.00 Å². The molecule has 1 aromatic heterocycles. The summed E-state index contributed by atoms with van der Waals surface area (Å²) in [5.74, 6) is 2.15. The SMILES string of the molecule is CC[S@@](=O)c1ccccc1C(=O)N(C)Cc1nnc2n1CCC2. The van der Waals surface area contributed by atoms with E-state index in [4.69, 9.17) is 0 Å². The van der Waals surface area contributed by atoms with Crippen LogP contribution >= 0.6 is 0 Å². The van der Waals surface area contributed by atoms with E-state index in [0.717, 1.165) is 31.0 Å². The molecule has 0 bridgehead atoms. The number of benzene rings is 1. The van der Waals surface area contributed by atoms with Crippen LogP contribution in [0.1, 0.15) is 35.4 Å². The number of carbonyl (C=O) groups is 1. The average Bonchev–Trinajstić information content (AvgIpc) is 3.18. The van der Waals surface area contributed by atoms with Gasteiger partial charge in [-0.15, -0.1) is 10.2 Å². The molecular weight excluding hydrogens is 312 g/mol. The van der Waals surface area contributed by atoms with Gasteiger partial charge >= 0.3 is 0 Å². The zero-order chi connectivity index (χ0) is 16.4. The Labute approximate surface area is 138 Å². The third-order valence-electron chi connectivity index (χ3n) is 4.04. The highest BCUT2D eigenvalue weighted by atomic mass is 32.2. The van der Waals surface area contributed by atoms with Gasteiger partial charge in [0.2, 0.25) is 0 Å². The Morgan fingerprint density at radius 2 is 2.13 bits per heavy atom. The van der Waals surface area contributed by atoms with Crippen LogP contribution in [0.15, 0.2) is 29.2 Å². The van der Waals surface area contributed by atoms with Crippen molar-refractivity contribution in [2.24, 2.45) is 0 Å². The van der Waals surface area contributed by atoms with Crippen molar-refractivity contribution in [3.8, 4) is 0 Å². The van der Waals surface area contributed by atoms with Gasteiger partial charge in [-0.1, -0.05) is 19.1 Å². The van der Waals surface area contributed by atoms with Crippen molar-refractivity contribution >= 4 is 16.7 Å². The largest absolute Gasteiger partial charge is 0.334 e. The first-order valence-corrected chi connectivity index (χ1v) is 9.07. The number of carbonyl (C=O) groups excluding carboxylic acids is 1. The van der Waals surface area contributed by atoms with Gasteiger partial charge in [-0.2, -0.15) is 0 Å². The quantitative estimate of drug-likeness (QED) is 0.834. The fraction of sp³-hybridized carbons (Fsp3) is 0.438. The molecule has 0 N–H and O–H groups in total. The molecule has 1 aromatic carbocycles. The lowest BCUT2D eigenvalue weighted by atomic mass is 10.2. The maximum Gasteiger partial charge on any atom is 0.255 e. The monoisotopic (exact) mass is 332 g/mol. The highest BCUT2D eigenvalue weighted by Crippen LogP contribution is 2.18. The second-order valence-corrected chi connectivity index (χ2v) is 7.29. The van der Waals surface area contributed by atoms with Gasteiger partial charge in [0.25, 0.3) is 5.91 Å². The molecule has 1 aliphatic heterocycles. The number of fused-ring (bicyclic) bond motifs is 1. The van der Waals surface area contributed by atoms with Gasteiger partial charge in [0.15, 0.2) is 5.82 Å². The number of nitrogens with zero attached hydrogens (tertiary/aromatic N) is 4. The number of rotatable bonds is 5. The van der Waals surface area contributed by atoms with Crippen molar-refractivity contribution in [1.29, 1.82) is 0 Å². The predicted octanol–water partition coefficient (Wildman–Crippen LogP) is 1.62. The molecule has 122 valence electrons. The molecule has 23 heavy (non-hydrogen) atoms. The van der Waals surface area contributed by atoms with E-state index >= 15 is 0 Å². The lowest BCUT2D eigenvalue weighted by molar-refractivity contribution is 0.0776. The molecule has 3 rings (SSSR count). The average molecular weight is 332 g/mol. The van der Waals surface area contributed by atoms with Crippen LogP contribution in [-0.2, 0) is 30.3 Å². The van der Waals surface area contributed by atoms with E-state index in [1.54, 1.807) is 30.1 Å². The summed E-state index contributed by atoms with van der Waals surface area (Å²) < 4.78 is 14.2. The summed E-state index contributed by atoms with van der Waals surface area (Å²) >= 11 is 0. The van der Waals surface area contributed by atoms with E-state index < -0.39 is 10.8 Å². The molecule has 2 heterocycles. The molecular formula is C16H20N4O2S. The van der Waals surface area contributed by atoms with Crippen molar-refractivity contribution < 1.29 is 9.00 Å². The van der Waals surface area contributed by atoms with E-state index in [2.05, 4.69) is 14.8 Å². The number of hydrogen-bond donors (Lipinski definition) is 0. The lowest BCUT2D eigenvalue weighted by Gasteiger charge is -2.18. The summed E-state index contributed by atoms with van der Waals surface area (Å²) in [5, 5.41) is 8.35. The second kappa shape index (κ2) is 6.62. The van der Waals surface area contributed by atoms with E-state index in [1.807, 2.05) is 13.0 Å². The molecule has 0 saturated carbocycles. The molecule has 2 aromatic rings. The number of hydrogen-bond acceptors (Lipinski definition) is 4. The molecule has 0 saturated heterocycles. The second-order valence-electron chi connectivity index (χ2n) is 5.58. The predicted molar refractivity (Wildman–Crippen MR) is 87.5 cm³/mol. The van der Waals surface area contributed by atoms with Crippen molar-refractivity contribution in [1.82, 2.24) is 19.7 Å². The maximum atomic E-state index is 12.7. The molecule has 6 nitrogen and oxygen atoms in total. The molecule has 0 radical (unpaired) electrons. The van der Waals surface area contributed by atoms with Gasteiger partial charge in [0, 0.05) is 25.8 Å². The van der Waals surface area contributed by atoms with Crippen LogP contribution in [0, 0.1) is 0 Å². The van der Waals surface area contributed by atoms with E-state index in [0.29, 0.717) is 22.8 Å². The van der Waals surface area contributed by atoms with Crippen molar-refractivity contribution in [2.45, 2.75) is 37.8 Å². The summed E-state index contributed by atoms with van der Waals surface area (Å²) in [6.45, 7) is 3.16. The molecule has 0 unspecified atom stereocenters. The highest BCUT2D eigenvalue weighted by Gasteiger charge is 2.22. The standard InChI is InChI=1S/C16H20N4O2S/c1-3-23(22)13-8-5-4-7-12(13)16(21)19(2)11-15-18-17-14-9-6-10-20(14)15/h4-5,7-8H,3,6,9-11H2,1-2H3/t23-/m1/s1. The van der Waals surface area contributed by atoms with Gasteiger partial charge in [-0.3, -0.25) is 9.00 Å². The van der Waals surface area contributed by atoms with Crippen LogP contribution in [0.3, 0.4) is 0 Å². The van der Waals surface area contributed by atoms with Gasteiger partial charge in [-0.05, 0) is 18.6 Å². The third kappa shape index (κ3) is 3.06. The first-order chi connectivity index (χ1) is 11.1. The zero-order valence-corrected chi connectivity index (χ0v) is 14.2. The minimum absolute atomic E-state index is 0.141. The first-order valence-electron chi connectivity index (χ1n) is 7.75. The fourth-order valence-electron chi connectivity index (χ4n) is 2.81. The minimum atomic E-state index is -1.16. The van der Waals surface area contributed by atoms with Gasteiger partial charge in [-0.25, -0.2) is 0 Å². The van der Waals surface area contributed by atoms with Gasteiger partial charge in [0.1, 0.15) is 5.82 Å². The van der Waals surface area contributed by atoms with Crippen LogP contribution in [0.4, 0.5) is 0 Å². The number of amides is 1. The summed E-state index contributed by atoms with van der Waals surface area (Å²) in [6.07, 6.45) is 2.02. The van der Waals surface area contributed by atoms with Crippen molar-refractivity contribution in [2.75, 3.05) is 12.8 Å². The molecule has 1 atom stereocenters. The summed E-state index contributed by atoms with van der Waals surface area (Å²) in [6, 6.07) is 7.10. The Hall–Kier alpha value is -2.02. The maximum absolute atomic E-state index is 12.7. The van der Waals surface area contributed by atoms with Crippen LogP contribution < -0.4 is 0 Å². The summed E-state index contributed by atoms with van der Waals surface area (Å²) in [5.41, 5.74) is 0.497. The van der Waals surface area contributed by atoms with E-state index in [-0.39, 0.29) is 5.91 Å². The molecule has 7 heteroatoms. The minimum Gasteiger partial charge on any atom is -0.334 e. The highest BCUT2D eigenvalue weighted by molar-refractivity contribution is 7.85. The van der Waals surface area contributed by atoms with Crippen LogP contribution in [0.2, 0.25) is 0 Å². The zero-order valence-electron chi connectivity index (χ0n) is 13.4. The fourth-order valence-corrected chi connectivity index (χ4v) is 3.76. The Kier molecular flexibility index (Phi) is 4.56.